The lowest BCUT2D eigenvalue weighted by molar-refractivity contribution is -0.112. The van der Waals surface area contributed by atoms with Crippen LogP contribution in [0.1, 0.15) is 16.7 Å². The zero-order valence-electron chi connectivity index (χ0n) is 10.4. The summed E-state index contributed by atoms with van der Waals surface area (Å²) in [5, 5.41) is 3.19. The molecule has 0 spiro atoms. The minimum Gasteiger partial charge on any atom is -0.301 e. The van der Waals surface area contributed by atoms with Gasteiger partial charge in [0, 0.05) is 12.1 Å². The summed E-state index contributed by atoms with van der Waals surface area (Å²) >= 11 is 0. The van der Waals surface area contributed by atoms with E-state index < -0.39 is 5.54 Å². The first-order valence-electron chi connectivity index (χ1n) is 6.33. The molecule has 1 atom stereocenters. The molecule has 1 N–H and O–H groups in total. The van der Waals surface area contributed by atoms with E-state index in [0.717, 1.165) is 23.8 Å². The van der Waals surface area contributed by atoms with E-state index in [2.05, 4.69) is 5.32 Å². The molecule has 0 fully saturated rings. The summed E-state index contributed by atoms with van der Waals surface area (Å²) < 4.78 is 14.1. The van der Waals surface area contributed by atoms with Crippen LogP contribution in [0.3, 0.4) is 0 Å². The Kier molecular flexibility index (Phi) is 2.91. The molecule has 0 bridgehead atoms. The largest absolute Gasteiger partial charge is 0.301 e. The first-order valence-corrected chi connectivity index (χ1v) is 6.33. The monoisotopic (exact) mass is 255 g/mol. The summed E-state index contributed by atoms with van der Waals surface area (Å²) in [6.07, 6.45) is 1.66. The van der Waals surface area contributed by atoms with Crippen LogP contribution in [0.2, 0.25) is 0 Å². The Hall–Kier alpha value is -2.00. The zero-order valence-corrected chi connectivity index (χ0v) is 10.4. The third kappa shape index (κ3) is 1.78. The average molecular weight is 255 g/mol. The molecule has 1 heterocycles. The first-order chi connectivity index (χ1) is 9.28. The third-order valence-electron chi connectivity index (χ3n) is 3.72. The molecule has 0 aromatic heterocycles. The van der Waals surface area contributed by atoms with E-state index in [1.54, 1.807) is 18.2 Å². The van der Waals surface area contributed by atoms with Gasteiger partial charge < -0.3 is 4.79 Å². The molecule has 3 heteroatoms. The van der Waals surface area contributed by atoms with Crippen molar-refractivity contribution in [2.45, 2.75) is 12.0 Å². The molecule has 19 heavy (non-hydrogen) atoms. The Balaban J connectivity index is 2.27. The predicted molar refractivity (Wildman–Crippen MR) is 71.4 cm³/mol. The summed E-state index contributed by atoms with van der Waals surface area (Å²) in [6, 6.07) is 14.1. The van der Waals surface area contributed by atoms with Crippen LogP contribution in [0.25, 0.3) is 0 Å². The van der Waals surface area contributed by atoms with Crippen LogP contribution in [0, 0.1) is 5.82 Å². The molecule has 1 aliphatic rings. The number of aldehydes is 1. The van der Waals surface area contributed by atoms with Crippen molar-refractivity contribution in [1.29, 1.82) is 0 Å². The van der Waals surface area contributed by atoms with Crippen molar-refractivity contribution in [2.24, 2.45) is 0 Å². The fraction of sp³-hybridized carbons (Fsp3) is 0.188. The number of rotatable bonds is 2. The second-order valence-corrected chi connectivity index (χ2v) is 4.74. The third-order valence-corrected chi connectivity index (χ3v) is 3.72. The molecule has 0 radical (unpaired) electrons. The van der Waals surface area contributed by atoms with Crippen molar-refractivity contribution in [1.82, 2.24) is 5.32 Å². The lowest BCUT2D eigenvalue weighted by Gasteiger charge is -2.36. The Morgan fingerprint density at radius 1 is 1.05 bits per heavy atom. The molecular formula is C16H14FNO. The van der Waals surface area contributed by atoms with Gasteiger partial charge in [-0.05, 0) is 23.6 Å². The molecule has 2 nitrogen and oxygen atoms in total. The second kappa shape index (κ2) is 4.59. The second-order valence-electron chi connectivity index (χ2n) is 4.74. The molecule has 1 aliphatic heterocycles. The highest BCUT2D eigenvalue weighted by molar-refractivity contribution is 5.76. The normalized spacial score (nSPS) is 21.7. The number of hydrogen-bond donors (Lipinski definition) is 1. The Morgan fingerprint density at radius 2 is 1.74 bits per heavy atom. The van der Waals surface area contributed by atoms with Crippen molar-refractivity contribution in [3.8, 4) is 0 Å². The minimum absolute atomic E-state index is 0.362. The predicted octanol–water partition coefficient (Wildman–Crippen LogP) is 2.41. The average Bonchev–Trinajstić information content (AvgIpc) is 2.47. The highest BCUT2D eigenvalue weighted by atomic mass is 19.1. The van der Waals surface area contributed by atoms with Crippen molar-refractivity contribution in [3.05, 3.63) is 71.0 Å². The molecule has 0 aliphatic carbocycles. The van der Waals surface area contributed by atoms with Gasteiger partial charge in [0.05, 0.1) is 0 Å². The Labute approximate surface area is 111 Å². The van der Waals surface area contributed by atoms with Crippen LogP contribution in [-0.4, -0.2) is 12.8 Å². The van der Waals surface area contributed by atoms with E-state index in [1.165, 1.54) is 6.07 Å². The van der Waals surface area contributed by atoms with Crippen LogP contribution in [0.5, 0.6) is 0 Å². The summed E-state index contributed by atoms with van der Waals surface area (Å²) in [5.41, 5.74) is 1.26. The van der Waals surface area contributed by atoms with Crippen molar-refractivity contribution >= 4 is 6.29 Å². The highest BCUT2D eigenvalue weighted by Crippen LogP contribution is 2.34. The molecule has 0 saturated carbocycles. The van der Waals surface area contributed by atoms with E-state index in [-0.39, 0.29) is 5.82 Å². The summed E-state index contributed by atoms with van der Waals surface area (Å²) in [6.45, 7) is 0.657. The van der Waals surface area contributed by atoms with Gasteiger partial charge in [-0.1, -0.05) is 42.5 Å². The Bertz CT molecular complexity index is 626. The van der Waals surface area contributed by atoms with Crippen molar-refractivity contribution < 1.29 is 9.18 Å². The van der Waals surface area contributed by atoms with Gasteiger partial charge in [0.1, 0.15) is 17.6 Å². The fourth-order valence-electron chi connectivity index (χ4n) is 2.80. The van der Waals surface area contributed by atoms with Gasteiger partial charge in [-0.3, -0.25) is 5.32 Å². The maximum atomic E-state index is 14.1. The van der Waals surface area contributed by atoms with Crippen LogP contribution >= 0.6 is 0 Å². The lowest BCUT2D eigenvalue weighted by Crippen LogP contribution is -2.50. The van der Waals surface area contributed by atoms with E-state index in [0.29, 0.717) is 12.1 Å². The summed E-state index contributed by atoms with van der Waals surface area (Å²) in [7, 11) is 0. The first kappa shape index (κ1) is 12.1. The van der Waals surface area contributed by atoms with Gasteiger partial charge in [0.2, 0.25) is 0 Å². The molecule has 2 aromatic carbocycles. The number of hydrogen-bond acceptors (Lipinski definition) is 2. The topological polar surface area (TPSA) is 29.1 Å². The zero-order chi connectivity index (χ0) is 13.3. The number of halogens is 1. The van der Waals surface area contributed by atoms with Crippen LogP contribution < -0.4 is 5.32 Å². The van der Waals surface area contributed by atoms with E-state index in [1.807, 2.05) is 24.3 Å². The highest BCUT2D eigenvalue weighted by Gasteiger charge is 2.39. The van der Waals surface area contributed by atoms with Crippen molar-refractivity contribution in [2.75, 3.05) is 6.54 Å². The van der Waals surface area contributed by atoms with E-state index >= 15 is 0 Å². The van der Waals surface area contributed by atoms with Gasteiger partial charge >= 0.3 is 0 Å². The number of fused-ring (bicyclic) bond motifs is 1. The van der Waals surface area contributed by atoms with Gasteiger partial charge in [-0.2, -0.15) is 0 Å². The molecule has 0 amide bonds. The number of benzene rings is 2. The molecule has 96 valence electrons. The quantitative estimate of drug-likeness (QED) is 0.835. The molecule has 3 rings (SSSR count). The van der Waals surface area contributed by atoms with Gasteiger partial charge in [-0.25, -0.2) is 4.39 Å². The van der Waals surface area contributed by atoms with Crippen LogP contribution in [0.4, 0.5) is 4.39 Å². The smallest absolute Gasteiger partial charge is 0.149 e. The SMILES string of the molecule is O=CC1(c2ccccc2F)NCCc2ccccc21. The standard InChI is InChI=1S/C16H14FNO/c17-15-8-4-3-7-14(15)16(11-19)13-6-2-1-5-12(13)9-10-18-16/h1-8,11,18H,9-10H2. The number of nitrogens with one attached hydrogen (secondary N) is 1. The van der Waals surface area contributed by atoms with Gasteiger partial charge in [0.15, 0.2) is 0 Å². The number of carbonyl (C=O) groups is 1. The van der Waals surface area contributed by atoms with Gasteiger partial charge in [0.25, 0.3) is 0 Å². The number of carbonyl (C=O) groups excluding carboxylic acids is 1. The molecule has 1 unspecified atom stereocenters. The van der Waals surface area contributed by atoms with Crippen molar-refractivity contribution in [3.63, 3.8) is 0 Å². The van der Waals surface area contributed by atoms with Gasteiger partial charge in [-0.15, -0.1) is 0 Å². The molecular weight excluding hydrogens is 241 g/mol. The fourth-order valence-corrected chi connectivity index (χ4v) is 2.80. The summed E-state index contributed by atoms with van der Waals surface area (Å²) in [5.74, 6) is -0.362. The van der Waals surface area contributed by atoms with Crippen LogP contribution in [0.15, 0.2) is 48.5 Å². The lowest BCUT2D eigenvalue weighted by atomic mass is 9.78. The summed E-state index contributed by atoms with van der Waals surface area (Å²) in [4.78, 5) is 11.8. The molecule has 2 aromatic rings. The van der Waals surface area contributed by atoms with E-state index in [9.17, 15) is 9.18 Å². The minimum atomic E-state index is -1.07. The van der Waals surface area contributed by atoms with Crippen LogP contribution in [-0.2, 0) is 16.8 Å². The maximum Gasteiger partial charge on any atom is 0.149 e. The van der Waals surface area contributed by atoms with E-state index in [4.69, 9.17) is 0 Å². The maximum absolute atomic E-state index is 14.1. The Morgan fingerprint density at radius 3 is 2.47 bits per heavy atom. The molecule has 0 saturated heterocycles.